The molecule has 3 rings (SSSR count). The first-order chi connectivity index (χ1) is 9.68. The molecule has 1 aromatic carbocycles. The van der Waals surface area contributed by atoms with Crippen LogP contribution in [0, 0.1) is 6.92 Å². The van der Waals surface area contributed by atoms with Crippen molar-refractivity contribution in [2.24, 2.45) is 7.05 Å². The van der Waals surface area contributed by atoms with Crippen molar-refractivity contribution in [2.75, 3.05) is 13.1 Å². The smallest absolute Gasteiger partial charge is 0.0823 e. The molecule has 1 unspecified atom stereocenters. The fourth-order valence-corrected chi connectivity index (χ4v) is 3.35. The van der Waals surface area contributed by atoms with Crippen molar-refractivity contribution < 1.29 is 4.74 Å². The molecule has 3 heteroatoms. The van der Waals surface area contributed by atoms with Gasteiger partial charge >= 0.3 is 0 Å². The number of hydrogen-bond donors (Lipinski definition) is 1. The quantitative estimate of drug-likeness (QED) is 0.927. The predicted octanol–water partition coefficient (Wildman–Crippen LogP) is 3.32. The van der Waals surface area contributed by atoms with E-state index in [0.717, 1.165) is 25.9 Å². The number of fused-ring (bicyclic) bond motifs is 1. The van der Waals surface area contributed by atoms with Gasteiger partial charge in [0, 0.05) is 29.2 Å². The Kier molecular flexibility index (Phi) is 3.81. The van der Waals surface area contributed by atoms with Crippen LogP contribution in [0.3, 0.4) is 0 Å². The SMILES string of the molecule is Cc1c(C(C)OC2CCNCC2)c2ccccc2n1C. The molecule has 1 aromatic heterocycles. The van der Waals surface area contributed by atoms with Crippen molar-refractivity contribution in [3.63, 3.8) is 0 Å². The molecule has 20 heavy (non-hydrogen) atoms. The van der Waals surface area contributed by atoms with Crippen molar-refractivity contribution in [1.82, 2.24) is 9.88 Å². The second kappa shape index (κ2) is 5.58. The van der Waals surface area contributed by atoms with Crippen molar-refractivity contribution in [2.45, 2.75) is 38.9 Å². The van der Waals surface area contributed by atoms with E-state index in [1.807, 2.05) is 0 Å². The molecule has 0 saturated carbocycles. The number of piperidine rings is 1. The van der Waals surface area contributed by atoms with E-state index in [0.29, 0.717) is 6.10 Å². The molecular formula is C17H24N2O. The summed E-state index contributed by atoms with van der Waals surface area (Å²) in [5.74, 6) is 0. The van der Waals surface area contributed by atoms with Gasteiger partial charge in [0.15, 0.2) is 0 Å². The number of ether oxygens (including phenoxy) is 1. The third-order valence-electron chi connectivity index (χ3n) is 4.54. The van der Waals surface area contributed by atoms with Gasteiger partial charge in [-0.2, -0.15) is 0 Å². The first-order valence-electron chi connectivity index (χ1n) is 7.58. The minimum absolute atomic E-state index is 0.157. The van der Waals surface area contributed by atoms with Gasteiger partial charge in [-0.05, 0) is 45.8 Å². The summed E-state index contributed by atoms with van der Waals surface area (Å²) in [6, 6.07) is 8.61. The standard InChI is InChI=1S/C17H24N2O/c1-12-17(13(2)20-14-8-10-18-11-9-14)15-6-4-5-7-16(15)19(12)3/h4-7,13-14,18H,8-11H2,1-3H3. The molecule has 108 valence electrons. The predicted molar refractivity (Wildman–Crippen MR) is 83.0 cm³/mol. The highest BCUT2D eigenvalue weighted by molar-refractivity contribution is 5.85. The Morgan fingerprint density at radius 2 is 1.95 bits per heavy atom. The van der Waals surface area contributed by atoms with Crippen LogP contribution < -0.4 is 5.32 Å². The van der Waals surface area contributed by atoms with Crippen molar-refractivity contribution in [1.29, 1.82) is 0 Å². The van der Waals surface area contributed by atoms with E-state index in [1.54, 1.807) is 0 Å². The third kappa shape index (κ3) is 2.36. The summed E-state index contributed by atoms with van der Waals surface area (Å²) in [6.45, 7) is 6.53. The number of para-hydroxylation sites is 1. The van der Waals surface area contributed by atoms with Crippen LogP contribution in [0.4, 0.5) is 0 Å². The molecule has 1 N–H and O–H groups in total. The third-order valence-corrected chi connectivity index (χ3v) is 4.54. The van der Waals surface area contributed by atoms with Crippen molar-refractivity contribution in [3.8, 4) is 0 Å². The molecule has 0 amide bonds. The number of rotatable bonds is 3. The Bertz CT molecular complexity index is 596. The lowest BCUT2D eigenvalue weighted by Gasteiger charge is -2.26. The Morgan fingerprint density at radius 3 is 2.70 bits per heavy atom. The van der Waals surface area contributed by atoms with Crippen LogP contribution in [0.25, 0.3) is 10.9 Å². The van der Waals surface area contributed by atoms with Gasteiger partial charge in [0.1, 0.15) is 0 Å². The van der Waals surface area contributed by atoms with E-state index in [9.17, 15) is 0 Å². The lowest BCUT2D eigenvalue weighted by atomic mass is 10.0. The second-order valence-corrected chi connectivity index (χ2v) is 5.80. The molecule has 1 aliphatic rings. The molecular weight excluding hydrogens is 248 g/mol. The van der Waals surface area contributed by atoms with E-state index >= 15 is 0 Å². The number of aromatic nitrogens is 1. The fourth-order valence-electron chi connectivity index (χ4n) is 3.35. The van der Waals surface area contributed by atoms with E-state index in [-0.39, 0.29) is 6.10 Å². The van der Waals surface area contributed by atoms with Crippen LogP contribution in [-0.4, -0.2) is 23.8 Å². The molecule has 1 aliphatic heterocycles. The Morgan fingerprint density at radius 1 is 1.25 bits per heavy atom. The van der Waals surface area contributed by atoms with Gasteiger partial charge in [-0.25, -0.2) is 0 Å². The van der Waals surface area contributed by atoms with E-state index < -0.39 is 0 Å². The van der Waals surface area contributed by atoms with Crippen LogP contribution in [0.1, 0.15) is 37.1 Å². The monoisotopic (exact) mass is 272 g/mol. The minimum Gasteiger partial charge on any atom is -0.370 e. The zero-order chi connectivity index (χ0) is 14.1. The first-order valence-corrected chi connectivity index (χ1v) is 7.58. The van der Waals surface area contributed by atoms with Crippen LogP contribution >= 0.6 is 0 Å². The molecule has 0 aliphatic carbocycles. The average molecular weight is 272 g/mol. The van der Waals surface area contributed by atoms with E-state index in [2.05, 4.69) is 55.0 Å². The van der Waals surface area contributed by atoms with Crippen LogP contribution in [0.15, 0.2) is 24.3 Å². The summed E-state index contributed by atoms with van der Waals surface area (Å²) in [5.41, 5.74) is 3.95. The molecule has 1 saturated heterocycles. The lowest BCUT2D eigenvalue weighted by Crippen LogP contribution is -2.33. The van der Waals surface area contributed by atoms with E-state index in [1.165, 1.54) is 22.2 Å². The summed E-state index contributed by atoms with van der Waals surface area (Å²) in [5, 5.41) is 4.72. The molecule has 1 atom stereocenters. The summed E-state index contributed by atoms with van der Waals surface area (Å²) in [6.07, 6.45) is 2.79. The Hall–Kier alpha value is -1.32. The van der Waals surface area contributed by atoms with Gasteiger partial charge in [-0.1, -0.05) is 18.2 Å². The van der Waals surface area contributed by atoms with Gasteiger partial charge in [0.2, 0.25) is 0 Å². The van der Waals surface area contributed by atoms with Crippen molar-refractivity contribution in [3.05, 3.63) is 35.5 Å². The summed E-state index contributed by atoms with van der Waals surface area (Å²) in [7, 11) is 2.14. The molecule has 2 heterocycles. The Labute approximate surface area is 120 Å². The topological polar surface area (TPSA) is 26.2 Å². The molecule has 2 aromatic rings. The van der Waals surface area contributed by atoms with Gasteiger partial charge in [0.25, 0.3) is 0 Å². The van der Waals surface area contributed by atoms with Crippen LogP contribution in [0.5, 0.6) is 0 Å². The number of aryl methyl sites for hydroxylation is 1. The molecule has 0 spiro atoms. The molecule has 0 radical (unpaired) electrons. The highest BCUT2D eigenvalue weighted by atomic mass is 16.5. The van der Waals surface area contributed by atoms with Gasteiger partial charge < -0.3 is 14.6 Å². The second-order valence-electron chi connectivity index (χ2n) is 5.80. The van der Waals surface area contributed by atoms with Crippen LogP contribution in [0.2, 0.25) is 0 Å². The molecule has 1 fully saturated rings. The highest BCUT2D eigenvalue weighted by Crippen LogP contribution is 2.33. The summed E-state index contributed by atoms with van der Waals surface area (Å²) in [4.78, 5) is 0. The van der Waals surface area contributed by atoms with Gasteiger partial charge in [0.05, 0.1) is 12.2 Å². The van der Waals surface area contributed by atoms with Crippen molar-refractivity contribution >= 4 is 10.9 Å². The maximum absolute atomic E-state index is 6.33. The number of benzene rings is 1. The number of nitrogens with zero attached hydrogens (tertiary/aromatic N) is 1. The molecule has 0 bridgehead atoms. The summed E-state index contributed by atoms with van der Waals surface area (Å²) < 4.78 is 8.60. The van der Waals surface area contributed by atoms with Crippen LogP contribution in [-0.2, 0) is 11.8 Å². The number of hydrogen-bond acceptors (Lipinski definition) is 2. The fraction of sp³-hybridized carbons (Fsp3) is 0.529. The molecule has 3 nitrogen and oxygen atoms in total. The van der Waals surface area contributed by atoms with E-state index in [4.69, 9.17) is 4.74 Å². The largest absolute Gasteiger partial charge is 0.370 e. The summed E-state index contributed by atoms with van der Waals surface area (Å²) >= 11 is 0. The maximum Gasteiger partial charge on any atom is 0.0823 e. The Balaban J connectivity index is 1.90. The minimum atomic E-state index is 0.157. The average Bonchev–Trinajstić information content (AvgIpc) is 2.72. The lowest BCUT2D eigenvalue weighted by molar-refractivity contribution is -0.0183. The maximum atomic E-state index is 6.33. The first kappa shape index (κ1) is 13.7. The zero-order valence-corrected chi connectivity index (χ0v) is 12.6. The number of nitrogens with one attached hydrogen (secondary N) is 1. The van der Waals surface area contributed by atoms with Gasteiger partial charge in [-0.3, -0.25) is 0 Å². The normalized spacial score (nSPS) is 18.6. The highest BCUT2D eigenvalue weighted by Gasteiger charge is 2.22. The zero-order valence-electron chi connectivity index (χ0n) is 12.6. The van der Waals surface area contributed by atoms with Gasteiger partial charge in [-0.15, -0.1) is 0 Å².